The average molecular weight is 239 g/mol. The lowest BCUT2D eigenvalue weighted by atomic mass is 9.84. The molecule has 0 spiro atoms. The Kier molecular flexibility index (Phi) is 3.36. The first-order valence-corrected chi connectivity index (χ1v) is 4.87. The Morgan fingerprint density at radius 3 is 2.47 bits per heavy atom. The molecule has 0 aromatic heterocycles. The number of benzene rings is 1. The SMILES string of the molecule is COc1cc(C(C)(C)C(=O)O)ccc1[N+](=O)[O-]. The number of rotatable bonds is 4. The van der Waals surface area contributed by atoms with E-state index in [0.29, 0.717) is 5.56 Å². The van der Waals surface area contributed by atoms with Crippen LogP contribution in [0.5, 0.6) is 5.75 Å². The largest absolute Gasteiger partial charge is 0.490 e. The quantitative estimate of drug-likeness (QED) is 0.640. The van der Waals surface area contributed by atoms with E-state index in [1.165, 1.54) is 39.2 Å². The van der Waals surface area contributed by atoms with Crippen LogP contribution in [0.3, 0.4) is 0 Å². The second-order valence-corrected chi connectivity index (χ2v) is 4.07. The van der Waals surface area contributed by atoms with E-state index >= 15 is 0 Å². The Balaban J connectivity index is 3.32. The first kappa shape index (κ1) is 13.0. The van der Waals surface area contributed by atoms with Crippen molar-refractivity contribution in [3.8, 4) is 5.75 Å². The molecule has 1 aromatic carbocycles. The maximum absolute atomic E-state index is 11.1. The summed E-state index contributed by atoms with van der Waals surface area (Å²) < 4.78 is 4.89. The number of hydrogen-bond donors (Lipinski definition) is 1. The molecule has 17 heavy (non-hydrogen) atoms. The number of ether oxygens (including phenoxy) is 1. The van der Waals surface area contributed by atoms with Gasteiger partial charge in [0.2, 0.25) is 0 Å². The Bertz CT molecular complexity index is 467. The molecule has 0 heterocycles. The number of methoxy groups -OCH3 is 1. The third-order valence-corrected chi connectivity index (χ3v) is 2.63. The molecular weight excluding hydrogens is 226 g/mol. The van der Waals surface area contributed by atoms with Gasteiger partial charge in [-0.2, -0.15) is 0 Å². The number of aliphatic carboxylic acids is 1. The maximum atomic E-state index is 11.1. The normalized spacial score (nSPS) is 11.0. The van der Waals surface area contributed by atoms with Gasteiger partial charge in [0, 0.05) is 6.07 Å². The van der Waals surface area contributed by atoms with Crippen LogP contribution in [0.15, 0.2) is 18.2 Å². The minimum Gasteiger partial charge on any atom is -0.490 e. The lowest BCUT2D eigenvalue weighted by Crippen LogP contribution is -2.28. The molecule has 0 aliphatic heterocycles. The van der Waals surface area contributed by atoms with E-state index < -0.39 is 16.3 Å². The van der Waals surface area contributed by atoms with Gasteiger partial charge in [-0.05, 0) is 25.5 Å². The lowest BCUT2D eigenvalue weighted by molar-refractivity contribution is -0.385. The Morgan fingerprint density at radius 2 is 2.06 bits per heavy atom. The van der Waals surface area contributed by atoms with Gasteiger partial charge in [0.1, 0.15) is 0 Å². The smallest absolute Gasteiger partial charge is 0.313 e. The third-order valence-electron chi connectivity index (χ3n) is 2.63. The van der Waals surface area contributed by atoms with Crippen molar-refractivity contribution in [1.82, 2.24) is 0 Å². The fourth-order valence-corrected chi connectivity index (χ4v) is 1.34. The van der Waals surface area contributed by atoms with Gasteiger partial charge >= 0.3 is 11.7 Å². The van der Waals surface area contributed by atoms with Crippen LogP contribution in [-0.4, -0.2) is 23.1 Å². The Hall–Kier alpha value is -2.11. The fourth-order valence-electron chi connectivity index (χ4n) is 1.34. The molecule has 0 unspecified atom stereocenters. The first-order chi connectivity index (χ1) is 7.80. The van der Waals surface area contributed by atoms with Crippen LogP contribution in [0.1, 0.15) is 19.4 Å². The van der Waals surface area contributed by atoms with Crippen molar-refractivity contribution in [3.05, 3.63) is 33.9 Å². The Morgan fingerprint density at radius 1 is 1.47 bits per heavy atom. The van der Waals surface area contributed by atoms with Crippen molar-refractivity contribution in [2.75, 3.05) is 7.11 Å². The summed E-state index contributed by atoms with van der Waals surface area (Å²) in [6, 6.07) is 4.06. The van der Waals surface area contributed by atoms with Gasteiger partial charge in [0.05, 0.1) is 17.4 Å². The molecule has 1 N–H and O–H groups in total. The molecule has 0 radical (unpaired) electrons. The van der Waals surface area contributed by atoms with Gasteiger partial charge in [-0.15, -0.1) is 0 Å². The van der Waals surface area contributed by atoms with Crippen LogP contribution in [0.25, 0.3) is 0 Å². The summed E-state index contributed by atoms with van der Waals surface area (Å²) in [6.45, 7) is 3.05. The van der Waals surface area contributed by atoms with Gasteiger partial charge in [0.15, 0.2) is 5.75 Å². The fraction of sp³-hybridized carbons (Fsp3) is 0.364. The van der Waals surface area contributed by atoms with Gasteiger partial charge in [-0.25, -0.2) is 0 Å². The van der Waals surface area contributed by atoms with Crippen LogP contribution in [0.4, 0.5) is 5.69 Å². The molecule has 92 valence electrons. The molecule has 6 heteroatoms. The van der Waals surface area contributed by atoms with E-state index in [1.54, 1.807) is 0 Å². The molecule has 0 amide bonds. The second-order valence-electron chi connectivity index (χ2n) is 4.07. The van der Waals surface area contributed by atoms with E-state index in [1.807, 2.05) is 0 Å². The molecule has 6 nitrogen and oxygen atoms in total. The summed E-state index contributed by atoms with van der Waals surface area (Å²) in [6.07, 6.45) is 0. The summed E-state index contributed by atoms with van der Waals surface area (Å²) in [5, 5.41) is 19.7. The van der Waals surface area contributed by atoms with Crippen LogP contribution in [0.2, 0.25) is 0 Å². The molecule has 0 atom stereocenters. The summed E-state index contributed by atoms with van der Waals surface area (Å²) in [4.78, 5) is 21.2. The predicted molar refractivity (Wildman–Crippen MR) is 60.3 cm³/mol. The molecule has 0 saturated carbocycles. The summed E-state index contributed by atoms with van der Waals surface area (Å²) in [5.74, 6) is -0.949. The van der Waals surface area contributed by atoms with Crippen molar-refractivity contribution in [3.63, 3.8) is 0 Å². The number of nitro groups is 1. The van der Waals surface area contributed by atoms with E-state index in [4.69, 9.17) is 9.84 Å². The third kappa shape index (κ3) is 2.35. The van der Waals surface area contributed by atoms with Crippen LogP contribution < -0.4 is 4.74 Å². The predicted octanol–water partition coefficient (Wildman–Crippen LogP) is 1.97. The standard InChI is InChI=1S/C11H13NO5/c1-11(2,10(13)14)7-4-5-8(12(15)16)9(6-7)17-3/h4-6H,1-3H3,(H,13,14). The van der Waals surface area contributed by atoms with Crippen molar-refractivity contribution >= 4 is 11.7 Å². The molecule has 0 aliphatic carbocycles. The lowest BCUT2D eigenvalue weighted by Gasteiger charge is -2.20. The van der Waals surface area contributed by atoms with E-state index in [2.05, 4.69) is 0 Å². The highest BCUT2D eigenvalue weighted by Gasteiger charge is 2.31. The highest BCUT2D eigenvalue weighted by molar-refractivity contribution is 5.80. The molecular formula is C11H13NO5. The van der Waals surface area contributed by atoms with Crippen molar-refractivity contribution < 1.29 is 19.6 Å². The molecule has 0 saturated heterocycles. The first-order valence-electron chi connectivity index (χ1n) is 4.87. The average Bonchev–Trinajstić information content (AvgIpc) is 2.27. The number of carbonyl (C=O) groups is 1. The van der Waals surface area contributed by atoms with E-state index in [-0.39, 0.29) is 11.4 Å². The highest BCUT2D eigenvalue weighted by atomic mass is 16.6. The zero-order chi connectivity index (χ0) is 13.2. The van der Waals surface area contributed by atoms with Gasteiger partial charge in [-0.1, -0.05) is 6.07 Å². The summed E-state index contributed by atoms with van der Waals surface area (Å²) in [7, 11) is 1.31. The Labute approximate surface area is 98.0 Å². The van der Waals surface area contributed by atoms with Crippen LogP contribution in [-0.2, 0) is 10.2 Å². The number of nitrogens with zero attached hydrogens (tertiary/aromatic N) is 1. The monoisotopic (exact) mass is 239 g/mol. The molecule has 0 fully saturated rings. The zero-order valence-electron chi connectivity index (χ0n) is 9.76. The molecule has 0 bridgehead atoms. The maximum Gasteiger partial charge on any atom is 0.313 e. The number of nitro benzene ring substituents is 1. The highest BCUT2D eigenvalue weighted by Crippen LogP contribution is 2.33. The number of carboxylic acids is 1. The molecule has 1 aromatic rings. The van der Waals surface area contributed by atoms with Crippen LogP contribution in [0, 0.1) is 10.1 Å². The number of carboxylic acid groups (broad SMARTS) is 1. The van der Waals surface area contributed by atoms with Crippen molar-refractivity contribution in [2.24, 2.45) is 0 Å². The zero-order valence-corrected chi connectivity index (χ0v) is 9.76. The topological polar surface area (TPSA) is 89.7 Å². The van der Waals surface area contributed by atoms with Gasteiger partial charge < -0.3 is 9.84 Å². The molecule has 1 rings (SSSR count). The van der Waals surface area contributed by atoms with E-state index in [9.17, 15) is 14.9 Å². The number of hydrogen-bond acceptors (Lipinski definition) is 4. The molecule has 0 aliphatic rings. The minimum absolute atomic E-state index is 0.0572. The van der Waals surface area contributed by atoms with E-state index in [0.717, 1.165) is 0 Å². The summed E-state index contributed by atoms with van der Waals surface area (Å²) >= 11 is 0. The van der Waals surface area contributed by atoms with Crippen LogP contribution >= 0.6 is 0 Å². The van der Waals surface area contributed by atoms with Gasteiger partial charge in [-0.3, -0.25) is 14.9 Å². The second kappa shape index (κ2) is 4.40. The van der Waals surface area contributed by atoms with Crippen molar-refractivity contribution in [2.45, 2.75) is 19.3 Å². The van der Waals surface area contributed by atoms with Crippen molar-refractivity contribution in [1.29, 1.82) is 0 Å². The van der Waals surface area contributed by atoms with Gasteiger partial charge in [0.25, 0.3) is 0 Å². The minimum atomic E-state index is -1.12. The summed E-state index contributed by atoms with van der Waals surface area (Å²) in [5.41, 5.74) is -0.854.